The molecule has 8 bridgehead atoms. The molecule has 4 nitrogen and oxygen atoms in total. The van der Waals surface area contributed by atoms with Gasteiger partial charge in [0.05, 0.1) is 24.4 Å². The van der Waals surface area contributed by atoms with Crippen molar-refractivity contribution in [3.05, 3.63) is 166 Å². The van der Waals surface area contributed by atoms with Crippen molar-refractivity contribution in [1.29, 1.82) is 0 Å². The first-order valence-corrected chi connectivity index (χ1v) is 20.5. The van der Waals surface area contributed by atoms with Gasteiger partial charge in [0.2, 0.25) is 0 Å². The van der Waals surface area contributed by atoms with Crippen LogP contribution in [0.4, 0.5) is 0 Å². The number of benzene rings is 4. The molecule has 4 aromatic carbocycles. The molecule has 0 saturated heterocycles. The second-order valence-electron chi connectivity index (χ2n) is 16.3. The molecule has 1 aliphatic rings. The molecule has 4 aromatic rings. The molecule has 0 fully saturated rings. The number of hydrogen-bond acceptors (Lipinski definition) is 4. The Hall–Kier alpha value is -4.96. The van der Waals surface area contributed by atoms with E-state index in [1.165, 1.54) is 22.3 Å². The summed E-state index contributed by atoms with van der Waals surface area (Å²) in [5, 5.41) is 0. The summed E-state index contributed by atoms with van der Waals surface area (Å²) >= 11 is 0. The Labute approximate surface area is 338 Å². The van der Waals surface area contributed by atoms with Crippen LogP contribution in [0.1, 0.15) is 122 Å². The molecule has 0 N–H and O–H groups in total. The first-order valence-electron chi connectivity index (χ1n) is 20.5. The Morgan fingerprint density at radius 2 is 0.518 bits per heavy atom. The van der Waals surface area contributed by atoms with Gasteiger partial charge in [-0.3, -0.25) is 0 Å². The van der Waals surface area contributed by atoms with Gasteiger partial charge in [-0.25, -0.2) is 0 Å². The number of allylic oxidation sites excluding steroid dienone is 4. The first kappa shape index (κ1) is 42.2. The number of rotatable bonds is 16. The third-order valence-electron chi connectivity index (χ3n) is 9.67. The summed E-state index contributed by atoms with van der Waals surface area (Å²) < 4.78 is 27.4. The van der Waals surface area contributed by atoms with E-state index in [4.69, 9.17) is 18.9 Å². The topological polar surface area (TPSA) is 36.9 Å². The molecule has 56 heavy (non-hydrogen) atoms. The van der Waals surface area contributed by atoms with E-state index in [0.717, 1.165) is 93.2 Å². The highest BCUT2D eigenvalue weighted by atomic mass is 16.5. The maximum atomic E-state index is 6.85. The fourth-order valence-corrected chi connectivity index (χ4v) is 7.86. The third-order valence-corrected chi connectivity index (χ3v) is 9.67. The number of fused-ring (bicyclic) bond motifs is 8. The van der Waals surface area contributed by atoms with Crippen molar-refractivity contribution in [2.45, 2.75) is 131 Å². The highest BCUT2D eigenvalue weighted by Gasteiger charge is 2.25. The van der Waals surface area contributed by atoms with Crippen molar-refractivity contribution < 1.29 is 18.9 Å². The summed E-state index contributed by atoms with van der Waals surface area (Å²) in [7, 11) is 0. The monoisotopic (exact) mass is 752 g/mol. The second-order valence-corrected chi connectivity index (χ2v) is 16.3. The molecule has 0 atom stereocenters. The van der Waals surface area contributed by atoms with E-state index >= 15 is 0 Å². The predicted octanol–water partition coefficient (Wildman–Crippen LogP) is 12.4. The molecule has 5 rings (SSSR count). The highest BCUT2D eigenvalue weighted by molar-refractivity contribution is 5.59. The normalized spacial score (nSPS) is 12.5. The summed E-state index contributed by atoms with van der Waals surface area (Å²) in [4.78, 5) is 0. The summed E-state index contributed by atoms with van der Waals surface area (Å²) in [6.45, 7) is 33.3. The standard InChI is InChI=1S/C52H64O4/c1-13-17-37-21-41-29-43-23-38(18-14-2)25-45(50(43)54-34(7)8)31-47-27-40(20-16-4)28-48(52(47)56-36(11)12)32-46-26-39(19-15-3)24-44(51(46)55-35(9)10)30-42(22-37)49(41)53-33(5)6/h13-16,21-28,33-36H,1-4,17-20,29-32H2,5-12H3. The van der Waals surface area contributed by atoms with Crippen LogP contribution >= 0.6 is 0 Å². The number of ether oxygens (including phenoxy) is 4. The molecule has 1 aliphatic carbocycles. The maximum Gasteiger partial charge on any atom is 0.126 e. The summed E-state index contributed by atoms with van der Waals surface area (Å²) in [5.41, 5.74) is 13.8. The Bertz CT molecular complexity index is 1660. The molecule has 0 unspecified atom stereocenters. The quantitative estimate of drug-likeness (QED) is 0.0941. The van der Waals surface area contributed by atoms with Crippen molar-refractivity contribution in [2.75, 3.05) is 0 Å². The lowest BCUT2D eigenvalue weighted by Gasteiger charge is -2.26. The third kappa shape index (κ3) is 10.7. The van der Waals surface area contributed by atoms with Gasteiger partial charge >= 0.3 is 0 Å². The van der Waals surface area contributed by atoms with Crippen LogP contribution in [0, 0.1) is 0 Å². The molecule has 0 spiro atoms. The van der Waals surface area contributed by atoms with Crippen LogP contribution < -0.4 is 18.9 Å². The van der Waals surface area contributed by atoms with Gasteiger partial charge in [0.25, 0.3) is 0 Å². The lowest BCUT2D eigenvalue weighted by atomic mass is 9.87. The minimum Gasteiger partial charge on any atom is -0.490 e. The van der Waals surface area contributed by atoms with Gasteiger partial charge in [-0.1, -0.05) is 72.8 Å². The van der Waals surface area contributed by atoms with Crippen LogP contribution in [0.3, 0.4) is 0 Å². The fourth-order valence-electron chi connectivity index (χ4n) is 7.86. The number of hydrogen-bond donors (Lipinski definition) is 0. The predicted molar refractivity (Wildman–Crippen MR) is 236 cm³/mol. The van der Waals surface area contributed by atoms with Gasteiger partial charge < -0.3 is 18.9 Å². The lowest BCUT2D eigenvalue weighted by molar-refractivity contribution is 0.233. The minimum atomic E-state index is -0.0272. The van der Waals surface area contributed by atoms with Crippen LogP contribution in [0.15, 0.2) is 99.2 Å². The van der Waals surface area contributed by atoms with E-state index in [0.29, 0.717) is 25.7 Å². The molecule has 4 heteroatoms. The van der Waals surface area contributed by atoms with E-state index in [1.807, 2.05) is 24.3 Å². The average molecular weight is 753 g/mol. The highest BCUT2D eigenvalue weighted by Crippen LogP contribution is 2.42. The molecular weight excluding hydrogens is 689 g/mol. The molecular formula is C52H64O4. The van der Waals surface area contributed by atoms with E-state index < -0.39 is 0 Å². The molecule has 296 valence electrons. The summed E-state index contributed by atoms with van der Waals surface area (Å²) in [6, 6.07) is 18.4. The lowest BCUT2D eigenvalue weighted by Crippen LogP contribution is -2.16. The maximum absolute atomic E-state index is 6.85. The zero-order valence-electron chi connectivity index (χ0n) is 35.4. The van der Waals surface area contributed by atoms with Crippen molar-refractivity contribution in [3.8, 4) is 23.0 Å². The molecule has 0 aromatic heterocycles. The van der Waals surface area contributed by atoms with Crippen LogP contribution in [-0.2, 0) is 51.4 Å². The fraction of sp³-hybridized carbons (Fsp3) is 0.385. The van der Waals surface area contributed by atoms with Gasteiger partial charge in [-0.2, -0.15) is 0 Å². The van der Waals surface area contributed by atoms with Crippen molar-refractivity contribution in [3.63, 3.8) is 0 Å². The molecule has 0 radical (unpaired) electrons. The largest absolute Gasteiger partial charge is 0.490 e. The molecule has 0 amide bonds. The van der Waals surface area contributed by atoms with Crippen molar-refractivity contribution >= 4 is 0 Å². The van der Waals surface area contributed by atoms with Crippen molar-refractivity contribution in [1.82, 2.24) is 0 Å². The summed E-state index contributed by atoms with van der Waals surface area (Å²) in [6.07, 6.45) is 13.3. The molecule has 0 heterocycles. The van der Waals surface area contributed by atoms with Crippen LogP contribution in [0.2, 0.25) is 0 Å². The van der Waals surface area contributed by atoms with E-state index in [-0.39, 0.29) is 24.4 Å². The Kier molecular flexibility index (Phi) is 14.5. The van der Waals surface area contributed by atoms with Crippen LogP contribution in [-0.4, -0.2) is 24.4 Å². The Morgan fingerprint density at radius 3 is 0.643 bits per heavy atom. The average Bonchev–Trinajstić information content (AvgIpc) is 3.10. The zero-order valence-corrected chi connectivity index (χ0v) is 35.4. The molecule has 0 aliphatic heterocycles. The van der Waals surface area contributed by atoms with Gasteiger partial charge in [-0.15, -0.1) is 26.3 Å². The van der Waals surface area contributed by atoms with E-state index in [9.17, 15) is 0 Å². The van der Waals surface area contributed by atoms with Gasteiger partial charge in [0.1, 0.15) is 23.0 Å². The molecule has 0 saturated carbocycles. The van der Waals surface area contributed by atoms with Gasteiger partial charge in [0.15, 0.2) is 0 Å². The SMILES string of the molecule is C=CCc1cc2c(OC(C)C)c(c1)Cc1cc(CC=C)cc(c1OC(C)C)Cc1cc(CC=C)cc(c1OC(C)C)Cc1cc(CC=C)cc(c1OC(C)C)C2. The minimum absolute atomic E-state index is 0.0272. The first-order chi connectivity index (χ1) is 26.8. The Morgan fingerprint density at radius 1 is 0.357 bits per heavy atom. The summed E-state index contributed by atoms with van der Waals surface area (Å²) in [5.74, 6) is 3.68. The van der Waals surface area contributed by atoms with E-state index in [2.05, 4.69) is 130 Å². The second kappa shape index (κ2) is 19.3. The smallest absolute Gasteiger partial charge is 0.126 e. The zero-order chi connectivity index (χ0) is 40.5. The van der Waals surface area contributed by atoms with Crippen molar-refractivity contribution in [2.24, 2.45) is 0 Å². The van der Waals surface area contributed by atoms with Gasteiger partial charge in [-0.05, 0) is 148 Å². The van der Waals surface area contributed by atoms with E-state index in [1.54, 1.807) is 0 Å². The van der Waals surface area contributed by atoms with Gasteiger partial charge in [0, 0.05) is 25.7 Å². The van der Waals surface area contributed by atoms with Crippen LogP contribution in [0.25, 0.3) is 0 Å². The Balaban J connectivity index is 1.97. The van der Waals surface area contributed by atoms with Crippen LogP contribution in [0.5, 0.6) is 23.0 Å².